The monoisotopic (exact) mass is 262 g/mol. The van der Waals surface area contributed by atoms with Crippen LogP contribution in [0.1, 0.15) is 12.8 Å². The second-order valence-corrected chi connectivity index (χ2v) is 5.37. The summed E-state index contributed by atoms with van der Waals surface area (Å²) in [4.78, 5) is 0. The van der Waals surface area contributed by atoms with E-state index in [0.29, 0.717) is 6.61 Å². The van der Waals surface area contributed by atoms with Crippen molar-refractivity contribution < 1.29 is 9.47 Å². The first-order valence-corrected chi connectivity index (χ1v) is 7.22. The summed E-state index contributed by atoms with van der Waals surface area (Å²) in [5, 5.41) is 6.95. The molecule has 2 unspecified atom stereocenters. The van der Waals surface area contributed by atoms with Crippen molar-refractivity contribution >= 4 is 0 Å². The third-order valence-electron chi connectivity index (χ3n) is 3.77. The molecule has 1 saturated heterocycles. The van der Waals surface area contributed by atoms with Crippen molar-refractivity contribution in [2.75, 3.05) is 32.8 Å². The molecule has 4 nitrogen and oxygen atoms in total. The molecule has 0 saturated carbocycles. The largest absolute Gasteiger partial charge is 0.486 e. The van der Waals surface area contributed by atoms with Crippen molar-refractivity contribution in [3.8, 4) is 11.5 Å². The van der Waals surface area contributed by atoms with Gasteiger partial charge in [-0.3, -0.25) is 0 Å². The molecule has 1 aromatic carbocycles. The molecule has 1 aromatic rings. The van der Waals surface area contributed by atoms with Crippen LogP contribution in [-0.4, -0.2) is 38.9 Å². The first-order valence-electron chi connectivity index (χ1n) is 7.22. The fourth-order valence-electron chi connectivity index (χ4n) is 2.71. The minimum absolute atomic E-state index is 0.117. The van der Waals surface area contributed by atoms with E-state index in [1.807, 2.05) is 24.3 Å². The summed E-state index contributed by atoms with van der Waals surface area (Å²) in [6.07, 6.45) is 2.74. The van der Waals surface area contributed by atoms with Gasteiger partial charge in [-0.2, -0.15) is 0 Å². The predicted molar refractivity (Wildman–Crippen MR) is 74.8 cm³/mol. The van der Waals surface area contributed by atoms with E-state index >= 15 is 0 Å². The summed E-state index contributed by atoms with van der Waals surface area (Å²) in [5.74, 6) is 2.47. The standard InChI is InChI=1S/C15H22N2O2/c1-2-6-15-14(5-1)18-11-13(19-15)10-17-9-12-4-3-7-16-8-12/h1-2,5-6,12-13,16-17H,3-4,7-11H2. The van der Waals surface area contributed by atoms with Crippen LogP contribution in [0, 0.1) is 5.92 Å². The highest BCUT2D eigenvalue weighted by molar-refractivity contribution is 5.40. The fourth-order valence-corrected chi connectivity index (χ4v) is 2.71. The minimum Gasteiger partial charge on any atom is -0.486 e. The maximum absolute atomic E-state index is 5.92. The molecule has 1 fully saturated rings. The zero-order valence-corrected chi connectivity index (χ0v) is 11.2. The van der Waals surface area contributed by atoms with E-state index in [1.54, 1.807) is 0 Å². The van der Waals surface area contributed by atoms with Crippen LogP contribution in [-0.2, 0) is 0 Å². The van der Waals surface area contributed by atoms with Crippen LogP contribution >= 0.6 is 0 Å². The van der Waals surface area contributed by atoms with E-state index in [1.165, 1.54) is 19.4 Å². The molecule has 3 rings (SSSR count). The van der Waals surface area contributed by atoms with Crippen molar-refractivity contribution in [2.24, 2.45) is 5.92 Å². The average molecular weight is 262 g/mol. The van der Waals surface area contributed by atoms with Gasteiger partial charge in [-0.25, -0.2) is 0 Å². The molecule has 2 atom stereocenters. The van der Waals surface area contributed by atoms with Gasteiger partial charge in [-0.1, -0.05) is 12.1 Å². The number of benzene rings is 1. The van der Waals surface area contributed by atoms with Gasteiger partial charge in [-0.15, -0.1) is 0 Å². The summed E-state index contributed by atoms with van der Waals surface area (Å²) in [6, 6.07) is 7.86. The summed E-state index contributed by atoms with van der Waals surface area (Å²) in [7, 11) is 0. The molecular formula is C15H22N2O2. The van der Waals surface area contributed by atoms with Crippen molar-refractivity contribution in [3.05, 3.63) is 24.3 Å². The molecular weight excluding hydrogens is 240 g/mol. The lowest BCUT2D eigenvalue weighted by molar-refractivity contribution is 0.0894. The number of nitrogens with one attached hydrogen (secondary N) is 2. The summed E-state index contributed by atoms with van der Waals surface area (Å²) in [5.41, 5.74) is 0. The minimum atomic E-state index is 0.117. The molecule has 2 N–H and O–H groups in total. The van der Waals surface area contributed by atoms with Crippen LogP contribution in [0.3, 0.4) is 0 Å². The van der Waals surface area contributed by atoms with E-state index in [-0.39, 0.29) is 6.10 Å². The van der Waals surface area contributed by atoms with Gasteiger partial charge in [0.2, 0.25) is 0 Å². The molecule has 0 radical (unpaired) electrons. The Morgan fingerprint density at radius 1 is 1.21 bits per heavy atom. The van der Waals surface area contributed by atoms with E-state index < -0.39 is 0 Å². The molecule has 0 aromatic heterocycles. The van der Waals surface area contributed by atoms with Crippen LogP contribution in [0.2, 0.25) is 0 Å². The molecule has 2 aliphatic heterocycles. The van der Waals surface area contributed by atoms with Gasteiger partial charge >= 0.3 is 0 Å². The smallest absolute Gasteiger partial charge is 0.161 e. The molecule has 0 amide bonds. The summed E-state index contributed by atoms with van der Waals surface area (Å²) >= 11 is 0. The van der Waals surface area contributed by atoms with E-state index in [4.69, 9.17) is 9.47 Å². The molecule has 19 heavy (non-hydrogen) atoms. The van der Waals surface area contributed by atoms with Crippen LogP contribution < -0.4 is 20.1 Å². The maximum Gasteiger partial charge on any atom is 0.161 e. The van der Waals surface area contributed by atoms with Gasteiger partial charge in [0.05, 0.1) is 0 Å². The number of hydrogen-bond acceptors (Lipinski definition) is 4. The van der Waals surface area contributed by atoms with Gasteiger partial charge in [0.15, 0.2) is 11.5 Å². The van der Waals surface area contributed by atoms with E-state index in [2.05, 4.69) is 10.6 Å². The van der Waals surface area contributed by atoms with E-state index in [0.717, 1.165) is 37.1 Å². The predicted octanol–water partition coefficient (Wildman–Crippen LogP) is 1.42. The Kier molecular flexibility index (Phi) is 4.20. The number of piperidine rings is 1. The van der Waals surface area contributed by atoms with Crippen molar-refractivity contribution in [2.45, 2.75) is 18.9 Å². The van der Waals surface area contributed by atoms with Crippen LogP contribution in [0.4, 0.5) is 0 Å². The first kappa shape index (κ1) is 12.8. The number of ether oxygens (including phenoxy) is 2. The van der Waals surface area contributed by atoms with Crippen molar-refractivity contribution in [3.63, 3.8) is 0 Å². The lowest BCUT2D eigenvalue weighted by Gasteiger charge is -2.28. The highest BCUT2D eigenvalue weighted by Crippen LogP contribution is 2.30. The molecule has 4 heteroatoms. The van der Waals surface area contributed by atoms with Crippen molar-refractivity contribution in [1.29, 1.82) is 0 Å². The maximum atomic E-state index is 5.92. The molecule has 0 spiro atoms. The lowest BCUT2D eigenvalue weighted by Crippen LogP contribution is -2.42. The number of rotatable bonds is 4. The molecule has 2 aliphatic rings. The third kappa shape index (κ3) is 3.39. The van der Waals surface area contributed by atoms with Gasteiger partial charge in [0.25, 0.3) is 0 Å². The van der Waals surface area contributed by atoms with Crippen molar-refractivity contribution in [1.82, 2.24) is 10.6 Å². The highest BCUT2D eigenvalue weighted by atomic mass is 16.6. The molecule has 2 heterocycles. The third-order valence-corrected chi connectivity index (χ3v) is 3.77. The Morgan fingerprint density at radius 2 is 2.11 bits per heavy atom. The second kappa shape index (κ2) is 6.26. The van der Waals surface area contributed by atoms with E-state index in [9.17, 15) is 0 Å². The molecule has 0 bridgehead atoms. The highest BCUT2D eigenvalue weighted by Gasteiger charge is 2.20. The zero-order valence-electron chi connectivity index (χ0n) is 11.2. The summed E-state index contributed by atoms with van der Waals surface area (Å²) < 4.78 is 11.6. The Bertz CT molecular complexity index is 405. The molecule has 0 aliphatic carbocycles. The van der Waals surface area contributed by atoms with Crippen LogP contribution in [0.5, 0.6) is 11.5 Å². The SMILES string of the molecule is c1ccc2c(c1)OCC(CNCC1CCCNC1)O2. The Morgan fingerprint density at radius 3 is 2.95 bits per heavy atom. The van der Waals surface area contributed by atoms with Gasteiger partial charge in [0.1, 0.15) is 12.7 Å². The number of fused-ring (bicyclic) bond motifs is 1. The van der Waals surface area contributed by atoms with Gasteiger partial charge in [0, 0.05) is 6.54 Å². The molecule has 104 valence electrons. The summed E-state index contributed by atoms with van der Waals surface area (Å²) in [6.45, 7) is 4.86. The van der Waals surface area contributed by atoms with Gasteiger partial charge in [-0.05, 0) is 50.5 Å². The average Bonchev–Trinajstić information content (AvgIpc) is 2.48. The Labute approximate surface area is 114 Å². The fraction of sp³-hybridized carbons (Fsp3) is 0.600. The Balaban J connectivity index is 1.42. The Hall–Kier alpha value is -1.26. The lowest BCUT2D eigenvalue weighted by atomic mass is 10.00. The number of hydrogen-bond donors (Lipinski definition) is 2. The second-order valence-electron chi connectivity index (χ2n) is 5.37. The number of para-hydroxylation sites is 2. The van der Waals surface area contributed by atoms with Gasteiger partial charge < -0.3 is 20.1 Å². The topological polar surface area (TPSA) is 42.5 Å². The first-order chi connectivity index (χ1) is 9.42. The quantitative estimate of drug-likeness (QED) is 0.861. The normalized spacial score (nSPS) is 26.1. The van der Waals surface area contributed by atoms with Crippen LogP contribution in [0.25, 0.3) is 0 Å². The zero-order chi connectivity index (χ0) is 12.9. The van der Waals surface area contributed by atoms with Crippen LogP contribution in [0.15, 0.2) is 24.3 Å².